The standard InChI is InChI=1S/C10H21NO/c1-10(9-12)5-4-8-11-6-2-3-7-11/h10,12H,2-9H2,1H3. The quantitative estimate of drug-likeness (QED) is 0.677. The molecule has 0 radical (unpaired) electrons. The fourth-order valence-corrected chi connectivity index (χ4v) is 1.76. The van der Waals surface area contributed by atoms with Crippen molar-refractivity contribution >= 4 is 0 Å². The van der Waals surface area contributed by atoms with Crippen molar-refractivity contribution in [2.75, 3.05) is 26.2 Å². The minimum Gasteiger partial charge on any atom is -0.396 e. The van der Waals surface area contributed by atoms with Crippen LogP contribution in [0.5, 0.6) is 0 Å². The first-order valence-corrected chi connectivity index (χ1v) is 5.16. The van der Waals surface area contributed by atoms with Crippen LogP contribution >= 0.6 is 0 Å². The molecular weight excluding hydrogens is 150 g/mol. The predicted molar refractivity (Wildman–Crippen MR) is 51.2 cm³/mol. The highest BCUT2D eigenvalue weighted by atomic mass is 16.3. The Labute approximate surface area is 75.6 Å². The lowest BCUT2D eigenvalue weighted by atomic mass is 10.1. The van der Waals surface area contributed by atoms with Crippen LogP contribution in [0.1, 0.15) is 32.6 Å². The van der Waals surface area contributed by atoms with Gasteiger partial charge in [-0.3, -0.25) is 0 Å². The third kappa shape index (κ3) is 3.55. The first-order chi connectivity index (χ1) is 5.83. The Bertz CT molecular complexity index is 110. The minimum absolute atomic E-state index is 0.347. The molecule has 0 aromatic carbocycles. The Hall–Kier alpha value is -0.0800. The second-order valence-electron chi connectivity index (χ2n) is 3.98. The van der Waals surface area contributed by atoms with Crippen molar-refractivity contribution in [1.29, 1.82) is 0 Å². The Balaban J connectivity index is 1.94. The van der Waals surface area contributed by atoms with Crippen LogP contribution in [-0.4, -0.2) is 36.2 Å². The van der Waals surface area contributed by atoms with E-state index in [1.807, 2.05) is 0 Å². The van der Waals surface area contributed by atoms with Crippen LogP contribution in [0.2, 0.25) is 0 Å². The van der Waals surface area contributed by atoms with Crippen LogP contribution in [0.4, 0.5) is 0 Å². The second-order valence-corrected chi connectivity index (χ2v) is 3.98. The summed E-state index contributed by atoms with van der Waals surface area (Å²) in [4.78, 5) is 2.53. The molecule has 12 heavy (non-hydrogen) atoms. The van der Waals surface area contributed by atoms with Gasteiger partial charge in [0.2, 0.25) is 0 Å². The molecule has 0 spiro atoms. The van der Waals surface area contributed by atoms with Gasteiger partial charge in [-0.25, -0.2) is 0 Å². The van der Waals surface area contributed by atoms with Gasteiger partial charge in [0.25, 0.3) is 0 Å². The molecule has 1 atom stereocenters. The molecule has 0 saturated carbocycles. The zero-order valence-electron chi connectivity index (χ0n) is 8.13. The lowest BCUT2D eigenvalue weighted by Crippen LogP contribution is -2.21. The van der Waals surface area contributed by atoms with Crippen LogP contribution < -0.4 is 0 Å². The van der Waals surface area contributed by atoms with E-state index in [1.54, 1.807) is 0 Å². The van der Waals surface area contributed by atoms with Gasteiger partial charge in [-0.2, -0.15) is 0 Å². The Morgan fingerprint density at radius 1 is 1.33 bits per heavy atom. The van der Waals surface area contributed by atoms with E-state index in [9.17, 15) is 0 Å². The number of nitrogens with zero attached hydrogens (tertiary/aromatic N) is 1. The molecule has 2 nitrogen and oxygen atoms in total. The van der Waals surface area contributed by atoms with Crippen LogP contribution in [0.3, 0.4) is 0 Å². The van der Waals surface area contributed by atoms with Crippen molar-refractivity contribution in [2.45, 2.75) is 32.6 Å². The van der Waals surface area contributed by atoms with Gasteiger partial charge in [0, 0.05) is 6.61 Å². The van der Waals surface area contributed by atoms with E-state index in [4.69, 9.17) is 5.11 Å². The molecule has 1 rings (SSSR count). The molecule has 1 N–H and O–H groups in total. The molecular formula is C10H21NO. The number of hydrogen-bond acceptors (Lipinski definition) is 2. The number of aliphatic hydroxyl groups is 1. The maximum absolute atomic E-state index is 8.81. The zero-order chi connectivity index (χ0) is 8.81. The van der Waals surface area contributed by atoms with E-state index in [2.05, 4.69) is 11.8 Å². The molecule has 0 aliphatic carbocycles. The summed E-state index contributed by atoms with van der Waals surface area (Å²) in [7, 11) is 0. The second kappa shape index (κ2) is 5.55. The van der Waals surface area contributed by atoms with Gasteiger partial charge in [0.15, 0.2) is 0 Å². The molecule has 1 aliphatic heterocycles. The van der Waals surface area contributed by atoms with E-state index in [0.717, 1.165) is 0 Å². The summed E-state index contributed by atoms with van der Waals surface area (Å²) in [5.74, 6) is 0.493. The van der Waals surface area contributed by atoms with Crippen LogP contribution in [0.15, 0.2) is 0 Å². The van der Waals surface area contributed by atoms with Crippen molar-refractivity contribution in [3.05, 3.63) is 0 Å². The molecule has 1 fully saturated rings. The van der Waals surface area contributed by atoms with E-state index in [0.29, 0.717) is 12.5 Å². The maximum Gasteiger partial charge on any atom is 0.0456 e. The molecule has 1 unspecified atom stereocenters. The summed E-state index contributed by atoms with van der Waals surface area (Å²) in [6.07, 6.45) is 5.19. The molecule has 0 bridgehead atoms. The summed E-state index contributed by atoms with van der Waals surface area (Å²) in [5, 5.41) is 8.81. The third-order valence-corrected chi connectivity index (χ3v) is 2.68. The van der Waals surface area contributed by atoms with Crippen LogP contribution in [-0.2, 0) is 0 Å². The Morgan fingerprint density at radius 2 is 2.00 bits per heavy atom. The smallest absolute Gasteiger partial charge is 0.0456 e. The van der Waals surface area contributed by atoms with Gasteiger partial charge in [0.1, 0.15) is 0 Å². The van der Waals surface area contributed by atoms with Gasteiger partial charge >= 0.3 is 0 Å². The van der Waals surface area contributed by atoms with Crippen LogP contribution in [0, 0.1) is 5.92 Å². The fraction of sp³-hybridized carbons (Fsp3) is 1.00. The highest BCUT2D eigenvalue weighted by Crippen LogP contribution is 2.10. The minimum atomic E-state index is 0.347. The number of hydrogen-bond donors (Lipinski definition) is 1. The van der Waals surface area contributed by atoms with Gasteiger partial charge in [-0.15, -0.1) is 0 Å². The summed E-state index contributed by atoms with van der Waals surface area (Å²) in [5.41, 5.74) is 0. The largest absolute Gasteiger partial charge is 0.396 e. The monoisotopic (exact) mass is 171 g/mol. The highest BCUT2D eigenvalue weighted by Gasteiger charge is 2.10. The van der Waals surface area contributed by atoms with E-state index in [1.165, 1.54) is 45.3 Å². The summed E-state index contributed by atoms with van der Waals surface area (Å²) >= 11 is 0. The molecule has 0 amide bonds. The molecule has 1 heterocycles. The number of aliphatic hydroxyl groups excluding tert-OH is 1. The van der Waals surface area contributed by atoms with Gasteiger partial charge in [-0.1, -0.05) is 6.92 Å². The summed E-state index contributed by atoms with van der Waals surface area (Å²) in [6, 6.07) is 0. The maximum atomic E-state index is 8.81. The summed E-state index contributed by atoms with van der Waals surface area (Å²) < 4.78 is 0. The normalized spacial score (nSPS) is 21.5. The Kier molecular flexibility index (Phi) is 4.62. The molecule has 2 heteroatoms. The highest BCUT2D eigenvalue weighted by molar-refractivity contribution is 4.66. The average Bonchev–Trinajstić information content (AvgIpc) is 2.57. The molecule has 72 valence electrons. The van der Waals surface area contributed by atoms with Gasteiger partial charge in [0.05, 0.1) is 0 Å². The van der Waals surface area contributed by atoms with Crippen molar-refractivity contribution < 1.29 is 5.11 Å². The van der Waals surface area contributed by atoms with Crippen molar-refractivity contribution in [3.8, 4) is 0 Å². The average molecular weight is 171 g/mol. The van der Waals surface area contributed by atoms with Crippen molar-refractivity contribution in [1.82, 2.24) is 4.90 Å². The molecule has 0 aromatic rings. The molecule has 1 saturated heterocycles. The van der Waals surface area contributed by atoms with Crippen molar-refractivity contribution in [3.63, 3.8) is 0 Å². The van der Waals surface area contributed by atoms with E-state index in [-0.39, 0.29) is 0 Å². The van der Waals surface area contributed by atoms with E-state index >= 15 is 0 Å². The molecule has 1 aliphatic rings. The van der Waals surface area contributed by atoms with Crippen molar-refractivity contribution in [2.24, 2.45) is 5.92 Å². The fourth-order valence-electron chi connectivity index (χ4n) is 1.76. The van der Waals surface area contributed by atoms with Crippen LogP contribution in [0.25, 0.3) is 0 Å². The topological polar surface area (TPSA) is 23.5 Å². The lowest BCUT2D eigenvalue weighted by molar-refractivity contribution is 0.221. The van der Waals surface area contributed by atoms with Gasteiger partial charge < -0.3 is 10.0 Å². The first-order valence-electron chi connectivity index (χ1n) is 5.16. The number of rotatable bonds is 5. The summed E-state index contributed by atoms with van der Waals surface area (Å²) in [6.45, 7) is 6.30. The predicted octanol–water partition coefficient (Wildman–Crippen LogP) is 1.49. The Morgan fingerprint density at radius 3 is 2.58 bits per heavy atom. The van der Waals surface area contributed by atoms with Gasteiger partial charge in [-0.05, 0) is 51.2 Å². The zero-order valence-corrected chi connectivity index (χ0v) is 8.13. The molecule has 0 aromatic heterocycles. The third-order valence-electron chi connectivity index (χ3n) is 2.68. The lowest BCUT2D eigenvalue weighted by Gasteiger charge is -2.15. The SMILES string of the molecule is CC(CO)CCCN1CCCC1. The number of likely N-dealkylation sites (tertiary alicyclic amines) is 1. The first kappa shape index (κ1) is 10.0. The van der Waals surface area contributed by atoms with E-state index < -0.39 is 0 Å².